The molecule has 1 aromatic heterocycles. The smallest absolute Gasteiger partial charge is 0.244 e. The van der Waals surface area contributed by atoms with E-state index in [0.29, 0.717) is 17.4 Å². The Morgan fingerprint density at radius 3 is 2.53 bits per heavy atom. The van der Waals surface area contributed by atoms with Gasteiger partial charge in [0.15, 0.2) is 5.13 Å². The Morgan fingerprint density at radius 2 is 1.87 bits per heavy atom. The third kappa shape index (κ3) is 5.78. The fourth-order valence-electron chi connectivity index (χ4n) is 2.80. The number of para-hydroxylation sites is 1. The summed E-state index contributed by atoms with van der Waals surface area (Å²) in [6.07, 6.45) is 3.83. The van der Waals surface area contributed by atoms with E-state index in [2.05, 4.69) is 10.3 Å². The summed E-state index contributed by atoms with van der Waals surface area (Å²) in [5.41, 5.74) is 2.50. The molecule has 3 aromatic rings. The number of hydrogen-bond donors (Lipinski definition) is 1. The summed E-state index contributed by atoms with van der Waals surface area (Å²) >= 11 is 1.35. The summed E-state index contributed by atoms with van der Waals surface area (Å²) < 4.78 is 5.13. The number of carbonyl (C=O) groups is 2. The number of amides is 2. The fourth-order valence-corrected chi connectivity index (χ4v) is 3.66. The van der Waals surface area contributed by atoms with Crippen molar-refractivity contribution < 1.29 is 14.3 Å². The van der Waals surface area contributed by atoms with Crippen LogP contribution in [0.5, 0.6) is 5.75 Å². The van der Waals surface area contributed by atoms with Crippen molar-refractivity contribution in [3.05, 3.63) is 77.3 Å². The van der Waals surface area contributed by atoms with E-state index < -0.39 is 0 Å². The SMILES string of the molecule is COc1ccc(CCNC(=O)/C=C/c2csc(N(C(C)=O)c3ccccc3)n2)cc1. The molecule has 0 aliphatic heterocycles. The molecule has 0 fully saturated rings. The third-order valence-electron chi connectivity index (χ3n) is 4.31. The molecule has 2 amide bonds. The highest BCUT2D eigenvalue weighted by Crippen LogP contribution is 2.28. The molecule has 3 rings (SSSR count). The van der Waals surface area contributed by atoms with Gasteiger partial charge in [-0.25, -0.2) is 4.98 Å². The van der Waals surface area contributed by atoms with Crippen LogP contribution in [0.25, 0.3) is 6.08 Å². The van der Waals surface area contributed by atoms with E-state index in [1.165, 1.54) is 24.3 Å². The van der Waals surface area contributed by atoms with Crippen LogP contribution in [0.15, 0.2) is 66.1 Å². The topological polar surface area (TPSA) is 71.5 Å². The predicted octanol–water partition coefficient (Wildman–Crippen LogP) is 4.21. The number of benzene rings is 2. The molecule has 154 valence electrons. The van der Waals surface area contributed by atoms with Crippen molar-refractivity contribution in [3.8, 4) is 5.75 Å². The minimum absolute atomic E-state index is 0.123. The zero-order valence-corrected chi connectivity index (χ0v) is 17.7. The highest BCUT2D eigenvalue weighted by Gasteiger charge is 2.17. The van der Waals surface area contributed by atoms with Gasteiger partial charge in [-0.15, -0.1) is 11.3 Å². The molecule has 1 N–H and O–H groups in total. The lowest BCUT2D eigenvalue weighted by Crippen LogP contribution is -2.23. The van der Waals surface area contributed by atoms with E-state index in [1.54, 1.807) is 18.1 Å². The van der Waals surface area contributed by atoms with Gasteiger partial charge in [-0.3, -0.25) is 14.5 Å². The highest BCUT2D eigenvalue weighted by molar-refractivity contribution is 7.14. The molecule has 0 aliphatic carbocycles. The number of rotatable bonds is 8. The lowest BCUT2D eigenvalue weighted by Gasteiger charge is -2.17. The van der Waals surface area contributed by atoms with Gasteiger partial charge in [0.25, 0.3) is 0 Å². The van der Waals surface area contributed by atoms with Gasteiger partial charge in [0.2, 0.25) is 11.8 Å². The zero-order chi connectivity index (χ0) is 21.3. The summed E-state index contributed by atoms with van der Waals surface area (Å²) in [7, 11) is 1.63. The molecular formula is C23H23N3O3S. The molecule has 7 heteroatoms. The lowest BCUT2D eigenvalue weighted by atomic mass is 10.1. The number of ether oxygens (including phenoxy) is 1. The number of nitrogens with one attached hydrogen (secondary N) is 1. The van der Waals surface area contributed by atoms with Crippen molar-refractivity contribution in [1.82, 2.24) is 10.3 Å². The first-order valence-corrected chi connectivity index (χ1v) is 10.3. The van der Waals surface area contributed by atoms with Crippen molar-refractivity contribution in [3.63, 3.8) is 0 Å². The van der Waals surface area contributed by atoms with Crippen LogP contribution >= 0.6 is 11.3 Å². The molecule has 0 saturated heterocycles. The second-order valence-corrected chi connectivity index (χ2v) is 7.30. The van der Waals surface area contributed by atoms with E-state index in [1.807, 2.05) is 60.0 Å². The lowest BCUT2D eigenvalue weighted by molar-refractivity contribution is -0.117. The molecule has 0 radical (unpaired) electrons. The standard InChI is InChI=1S/C23H23N3O3S/c1-17(27)26(20-6-4-3-5-7-20)23-25-19(16-30-23)10-13-22(28)24-15-14-18-8-11-21(29-2)12-9-18/h3-13,16H,14-15H2,1-2H3,(H,24,28)/b13-10+. The predicted molar refractivity (Wildman–Crippen MR) is 120 cm³/mol. The van der Waals surface area contributed by atoms with E-state index in [4.69, 9.17) is 4.74 Å². The van der Waals surface area contributed by atoms with E-state index in [0.717, 1.165) is 23.4 Å². The average molecular weight is 422 g/mol. The van der Waals surface area contributed by atoms with Gasteiger partial charge in [0, 0.05) is 24.9 Å². The Kier molecular flexibility index (Phi) is 7.34. The number of thiazole rings is 1. The highest BCUT2D eigenvalue weighted by atomic mass is 32.1. The molecule has 1 heterocycles. The summed E-state index contributed by atoms with van der Waals surface area (Å²) in [5, 5.41) is 5.24. The molecule has 2 aromatic carbocycles. The Morgan fingerprint density at radius 1 is 1.13 bits per heavy atom. The van der Waals surface area contributed by atoms with E-state index >= 15 is 0 Å². The maximum Gasteiger partial charge on any atom is 0.244 e. The number of nitrogens with zero attached hydrogens (tertiary/aromatic N) is 2. The fraction of sp³-hybridized carbons (Fsp3) is 0.174. The molecule has 0 spiro atoms. The summed E-state index contributed by atoms with van der Waals surface area (Å²) in [5.74, 6) is 0.496. The van der Waals surface area contributed by atoms with Crippen LogP contribution in [0.3, 0.4) is 0 Å². The Labute approximate surface area is 179 Å². The molecule has 0 unspecified atom stereocenters. The van der Waals surface area contributed by atoms with Crippen LogP contribution in [0.4, 0.5) is 10.8 Å². The second-order valence-electron chi connectivity index (χ2n) is 6.47. The normalized spacial score (nSPS) is 10.7. The van der Waals surface area contributed by atoms with Crippen LogP contribution in [-0.4, -0.2) is 30.5 Å². The summed E-state index contributed by atoms with van der Waals surface area (Å²) in [6.45, 7) is 2.03. The monoisotopic (exact) mass is 421 g/mol. The summed E-state index contributed by atoms with van der Waals surface area (Å²) in [4.78, 5) is 30.2. The van der Waals surface area contributed by atoms with Gasteiger partial charge >= 0.3 is 0 Å². The van der Waals surface area contributed by atoms with E-state index in [-0.39, 0.29) is 11.8 Å². The summed E-state index contributed by atoms with van der Waals surface area (Å²) in [6, 6.07) is 17.1. The van der Waals surface area contributed by atoms with Gasteiger partial charge in [0.1, 0.15) is 5.75 Å². The van der Waals surface area contributed by atoms with Gasteiger partial charge in [0.05, 0.1) is 18.5 Å². The van der Waals surface area contributed by atoms with Crippen LogP contribution < -0.4 is 15.0 Å². The second kappa shape index (κ2) is 10.4. The quantitative estimate of drug-likeness (QED) is 0.553. The molecule has 6 nitrogen and oxygen atoms in total. The minimum atomic E-state index is -0.190. The van der Waals surface area contributed by atoms with E-state index in [9.17, 15) is 9.59 Å². The number of aromatic nitrogens is 1. The molecule has 0 aliphatic rings. The zero-order valence-electron chi connectivity index (χ0n) is 16.9. The first-order valence-electron chi connectivity index (χ1n) is 9.47. The van der Waals surface area contributed by atoms with Gasteiger partial charge < -0.3 is 10.1 Å². The van der Waals surface area contributed by atoms with Gasteiger partial charge in [-0.1, -0.05) is 30.3 Å². The van der Waals surface area contributed by atoms with Crippen LogP contribution in [-0.2, 0) is 16.0 Å². The maximum atomic E-state index is 12.1. The maximum absolute atomic E-state index is 12.1. The molecule has 30 heavy (non-hydrogen) atoms. The molecular weight excluding hydrogens is 398 g/mol. The first kappa shape index (κ1) is 21.3. The number of anilines is 2. The largest absolute Gasteiger partial charge is 0.497 e. The van der Waals surface area contributed by atoms with Crippen LogP contribution in [0, 0.1) is 0 Å². The first-order chi connectivity index (χ1) is 14.6. The molecule has 0 atom stereocenters. The van der Waals surface area contributed by atoms with Crippen molar-refractivity contribution in [2.45, 2.75) is 13.3 Å². The Bertz CT molecular complexity index is 1010. The van der Waals surface area contributed by atoms with Crippen molar-refractivity contribution in [2.24, 2.45) is 0 Å². The number of carbonyl (C=O) groups excluding carboxylic acids is 2. The Balaban J connectivity index is 1.55. The Hall–Kier alpha value is -3.45. The number of methoxy groups -OCH3 is 1. The van der Waals surface area contributed by atoms with Crippen molar-refractivity contribution in [2.75, 3.05) is 18.6 Å². The molecule has 0 bridgehead atoms. The van der Waals surface area contributed by atoms with Crippen molar-refractivity contribution >= 4 is 40.0 Å². The van der Waals surface area contributed by atoms with Crippen LogP contribution in [0.1, 0.15) is 18.2 Å². The minimum Gasteiger partial charge on any atom is -0.497 e. The number of hydrogen-bond acceptors (Lipinski definition) is 5. The van der Waals surface area contributed by atoms with Gasteiger partial charge in [-0.2, -0.15) is 0 Å². The molecule has 0 saturated carbocycles. The average Bonchev–Trinajstić information content (AvgIpc) is 3.22. The van der Waals surface area contributed by atoms with Gasteiger partial charge in [-0.05, 0) is 42.3 Å². The van der Waals surface area contributed by atoms with Crippen molar-refractivity contribution in [1.29, 1.82) is 0 Å². The van der Waals surface area contributed by atoms with Crippen LogP contribution in [0.2, 0.25) is 0 Å². The third-order valence-corrected chi connectivity index (χ3v) is 5.15.